The van der Waals surface area contributed by atoms with E-state index >= 15 is 0 Å². The maximum absolute atomic E-state index is 12.5. The Kier molecular flexibility index (Phi) is 5.31. The van der Waals surface area contributed by atoms with Crippen LogP contribution >= 0.6 is 0 Å². The van der Waals surface area contributed by atoms with Crippen LogP contribution in [0.4, 0.5) is 5.69 Å². The quantitative estimate of drug-likeness (QED) is 0.839. The Morgan fingerprint density at radius 2 is 1.81 bits per heavy atom. The zero-order chi connectivity index (χ0) is 18.5. The van der Waals surface area contributed by atoms with E-state index in [-0.39, 0.29) is 24.2 Å². The molecule has 1 saturated heterocycles. The molecular weight excluding hydrogens is 332 g/mol. The topological polar surface area (TPSA) is 75.7 Å². The van der Waals surface area contributed by atoms with Crippen molar-refractivity contribution in [3.05, 3.63) is 65.7 Å². The molecule has 26 heavy (non-hydrogen) atoms. The average Bonchev–Trinajstić information content (AvgIpc) is 3.03. The Balaban J connectivity index is 1.58. The van der Waals surface area contributed by atoms with Gasteiger partial charge in [-0.05, 0) is 29.8 Å². The number of anilines is 1. The molecule has 1 heterocycles. The van der Waals surface area contributed by atoms with Gasteiger partial charge in [0.1, 0.15) is 0 Å². The molecule has 0 unspecified atom stereocenters. The molecule has 1 atom stereocenters. The monoisotopic (exact) mass is 352 g/mol. The van der Waals surface area contributed by atoms with E-state index in [4.69, 9.17) is 0 Å². The number of amides is 2. The molecule has 6 heteroatoms. The van der Waals surface area contributed by atoms with Crippen LogP contribution in [0.5, 0.6) is 0 Å². The van der Waals surface area contributed by atoms with Crippen LogP contribution in [0.1, 0.15) is 22.3 Å². The fraction of sp³-hybridized carbons (Fsp3) is 0.250. The van der Waals surface area contributed by atoms with E-state index in [0.717, 1.165) is 5.56 Å². The number of nitrogens with zero attached hydrogens (tertiary/aromatic N) is 1. The Hall–Kier alpha value is -3.15. The van der Waals surface area contributed by atoms with Crippen LogP contribution in [0, 0.1) is 5.92 Å². The van der Waals surface area contributed by atoms with Gasteiger partial charge in [0.15, 0.2) is 0 Å². The normalized spacial score (nSPS) is 16.4. The maximum atomic E-state index is 12.5. The summed E-state index contributed by atoms with van der Waals surface area (Å²) in [5.41, 5.74) is 2.03. The number of methoxy groups -OCH3 is 1. The maximum Gasteiger partial charge on any atom is 0.337 e. The van der Waals surface area contributed by atoms with Crippen LogP contribution < -0.4 is 5.32 Å². The lowest BCUT2D eigenvalue weighted by molar-refractivity contribution is -0.128. The molecule has 0 bridgehead atoms. The number of carbonyl (C=O) groups is 3. The van der Waals surface area contributed by atoms with Crippen molar-refractivity contribution in [3.8, 4) is 0 Å². The minimum Gasteiger partial charge on any atom is -0.465 e. The summed E-state index contributed by atoms with van der Waals surface area (Å²) < 4.78 is 4.64. The summed E-state index contributed by atoms with van der Waals surface area (Å²) in [7, 11) is 1.32. The van der Waals surface area contributed by atoms with Crippen molar-refractivity contribution >= 4 is 23.5 Å². The van der Waals surface area contributed by atoms with Crippen molar-refractivity contribution in [2.24, 2.45) is 5.92 Å². The Labute approximate surface area is 151 Å². The second-order valence-electron chi connectivity index (χ2n) is 6.22. The molecule has 2 aromatic rings. The first-order chi connectivity index (χ1) is 12.6. The summed E-state index contributed by atoms with van der Waals surface area (Å²) in [6.07, 6.45) is 0.207. The van der Waals surface area contributed by atoms with E-state index in [9.17, 15) is 14.4 Å². The molecular formula is C20H20N2O4. The SMILES string of the molecule is COC(=O)c1ccc(NC(=O)[C@@H]2CC(=O)N(Cc3ccccc3)C2)cc1. The van der Waals surface area contributed by atoms with Gasteiger partial charge in [-0.3, -0.25) is 9.59 Å². The third-order valence-electron chi connectivity index (χ3n) is 4.38. The molecule has 1 aliphatic heterocycles. The standard InChI is InChI=1S/C20H20N2O4/c1-26-20(25)15-7-9-17(10-8-15)21-19(24)16-11-18(23)22(13-16)12-14-5-3-2-4-6-14/h2-10,16H,11-13H2,1H3,(H,21,24)/t16-/m1/s1. The molecule has 0 radical (unpaired) electrons. The minimum atomic E-state index is -0.430. The smallest absolute Gasteiger partial charge is 0.337 e. The van der Waals surface area contributed by atoms with Gasteiger partial charge in [-0.15, -0.1) is 0 Å². The third kappa shape index (κ3) is 4.08. The first kappa shape index (κ1) is 17.7. The van der Waals surface area contributed by atoms with Crippen LogP contribution in [-0.4, -0.2) is 36.3 Å². The summed E-state index contributed by atoms with van der Waals surface area (Å²) in [5, 5.41) is 2.80. The number of hydrogen-bond donors (Lipinski definition) is 1. The minimum absolute atomic E-state index is 0.0185. The largest absolute Gasteiger partial charge is 0.465 e. The van der Waals surface area contributed by atoms with Gasteiger partial charge in [0.2, 0.25) is 11.8 Å². The van der Waals surface area contributed by atoms with Crippen molar-refractivity contribution in [1.82, 2.24) is 4.90 Å². The number of ether oxygens (including phenoxy) is 1. The van der Waals surface area contributed by atoms with Crippen molar-refractivity contribution in [2.45, 2.75) is 13.0 Å². The van der Waals surface area contributed by atoms with E-state index in [1.807, 2.05) is 30.3 Å². The highest BCUT2D eigenvalue weighted by Crippen LogP contribution is 2.22. The Bertz CT molecular complexity index is 802. The average molecular weight is 352 g/mol. The zero-order valence-corrected chi connectivity index (χ0v) is 14.5. The number of esters is 1. The van der Waals surface area contributed by atoms with E-state index in [2.05, 4.69) is 10.1 Å². The van der Waals surface area contributed by atoms with Crippen molar-refractivity contribution in [1.29, 1.82) is 0 Å². The predicted octanol–water partition coefficient (Wildman–Crippen LogP) is 2.46. The van der Waals surface area contributed by atoms with Crippen LogP contribution in [0.15, 0.2) is 54.6 Å². The summed E-state index contributed by atoms with van der Waals surface area (Å²) >= 11 is 0. The molecule has 0 spiro atoms. The highest BCUT2D eigenvalue weighted by Gasteiger charge is 2.34. The summed E-state index contributed by atoms with van der Waals surface area (Å²) in [6.45, 7) is 0.914. The number of rotatable bonds is 5. The van der Waals surface area contributed by atoms with Crippen molar-refractivity contribution in [3.63, 3.8) is 0 Å². The lowest BCUT2D eigenvalue weighted by Gasteiger charge is -2.16. The van der Waals surface area contributed by atoms with Gasteiger partial charge in [0.05, 0.1) is 18.6 Å². The third-order valence-corrected chi connectivity index (χ3v) is 4.38. The molecule has 2 amide bonds. The fourth-order valence-corrected chi connectivity index (χ4v) is 2.96. The van der Waals surface area contributed by atoms with E-state index in [0.29, 0.717) is 24.3 Å². The molecule has 1 aliphatic rings. The van der Waals surface area contributed by atoms with Gasteiger partial charge in [0.25, 0.3) is 0 Å². The molecule has 3 rings (SSSR count). The Morgan fingerprint density at radius 1 is 1.12 bits per heavy atom. The number of carbonyl (C=O) groups excluding carboxylic acids is 3. The Morgan fingerprint density at radius 3 is 2.46 bits per heavy atom. The van der Waals surface area contributed by atoms with E-state index in [1.165, 1.54) is 7.11 Å². The number of nitrogens with one attached hydrogen (secondary N) is 1. The second-order valence-corrected chi connectivity index (χ2v) is 6.22. The first-order valence-electron chi connectivity index (χ1n) is 8.38. The lowest BCUT2D eigenvalue weighted by Crippen LogP contribution is -2.28. The van der Waals surface area contributed by atoms with Gasteiger partial charge >= 0.3 is 5.97 Å². The second kappa shape index (κ2) is 7.82. The van der Waals surface area contributed by atoms with E-state index < -0.39 is 5.97 Å². The van der Waals surface area contributed by atoms with Crippen molar-refractivity contribution < 1.29 is 19.1 Å². The molecule has 0 saturated carbocycles. The van der Waals surface area contributed by atoms with Gasteiger partial charge in [-0.1, -0.05) is 30.3 Å². The molecule has 0 aliphatic carbocycles. The predicted molar refractivity (Wildman–Crippen MR) is 96.4 cm³/mol. The van der Waals surface area contributed by atoms with Gasteiger partial charge in [-0.25, -0.2) is 4.79 Å². The first-order valence-corrected chi connectivity index (χ1v) is 8.38. The molecule has 1 fully saturated rings. The van der Waals surface area contributed by atoms with Crippen LogP contribution in [0.3, 0.4) is 0 Å². The molecule has 2 aromatic carbocycles. The van der Waals surface area contributed by atoms with Crippen molar-refractivity contribution in [2.75, 3.05) is 19.0 Å². The van der Waals surface area contributed by atoms with Gasteiger partial charge in [-0.2, -0.15) is 0 Å². The lowest BCUT2D eigenvalue weighted by atomic mass is 10.1. The van der Waals surface area contributed by atoms with Crippen LogP contribution in [-0.2, 0) is 20.9 Å². The fourth-order valence-electron chi connectivity index (χ4n) is 2.96. The highest BCUT2D eigenvalue weighted by atomic mass is 16.5. The molecule has 134 valence electrons. The van der Waals surface area contributed by atoms with Crippen LogP contribution in [0.25, 0.3) is 0 Å². The highest BCUT2D eigenvalue weighted by molar-refractivity contribution is 5.97. The van der Waals surface area contributed by atoms with Gasteiger partial charge in [0, 0.05) is 25.2 Å². The van der Waals surface area contributed by atoms with Crippen LogP contribution in [0.2, 0.25) is 0 Å². The number of hydrogen-bond acceptors (Lipinski definition) is 4. The van der Waals surface area contributed by atoms with E-state index in [1.54, 1.807) is 29.2 Å². The molecule has 1 N–H and O–H groups in total. The number of likely N-dealkylation sites (tertiary alicyclic amines) is 1. The summed E-state index contributed by atoms with van der Waals surface area (Å²) in [5.74, 6) is -1.03. The molecule has 6 nitrogen and oxygen atoms in total. The molecule has 0 aromatic heterocycles. The number of benzene rings is 2. The zero-order valence-electron chi connectivity index (χ0n) is 14.5. The summed E-state index contributed by atoms with van der Waals surface area (Å²) in [4.78, 5) is 37.8. The summed E-state index contributed by atoms with van der Waals surface area (Å²) in [6, 6.07) is 16.2. The van der Waals surface area contributed by atoms with Gasteiger partial charge < -0.3 is 15.0 Å².